The van der Waals surface area contributed by atoms with Crippen LogP contribution >= 0.6 is 23.4 Å². The molecule has 0 spiro atoms. The number of nitrogens with one attached hydrogen (secondary N) is 1. The number of carbonyl (C=O) groups excluding carboxylic acids is 1. The van der Waals surface area contributed by atoms with E-state index in [1.807, 2.05) is 24.3 Å². The molecule has 0 fully saturated rings. The maximum Gasteiger partial charge on any atom is 0.257 e. The van der Waals surface area contributed by atoms with Crippen LogP contribution in [-0.4, -0.2) is 23.8 Å². The van der Waals surface area contributed by atoms with Gasteiger partial charge in [-0.15, -0.1) is 0 Å². The molecule has 0 unspecified atom stereocenters. The fourth-order valence-electron chi connectivity index (χ4n) is 1.99. The quantitative estimate of drug-likeness (QED) is 0.699. The van der Waals surface area contributed by atoms with Crippen LogP contribution in [0.1, 0.15) is 0 Å². The Labute approximate surface area is 142 Å². The Kier molecular flexibility index (Phi) is 4.73. The molecule has 0 aliphatic carbocycles. The van der Waals surface area contributed by atoms with Crippen LogP contribution in [0, 0.1) is 0 Å². The van der Waals surface area contributed by atoms with Crippen molar-refractivity contribution in [3.63, 3.8) is 0 Å². The Bertz CT molecular complexity index is 817. The third kappa shape index (κ3) is 3.78. The van der Waals surface area contributed by atoms with E-state index in [0.29, 0.717) is 27.3 Å². The van der Waals surface area contributed by atoms with Gasteiger partial charge in [-0.05, 0) is 24.3 Å². The molecule has 7 heteroatoms. The summed E-state index contributed by atoms with van der Waals surface area (Å²) in [5.74, 6) is 0.508. The maximum atomic E-state index is 12.1. The van der Waals surface area contributed by atoms with Crippen molar-refractivity contribution < 1.29 is 13.9 Å². The van der Waals surface area contributed by atoms with E-state index in [0.717, 1.165) is 5.52 Å². The SMILES string of the molecule is COc1cc(Cl)ccc1NC(=O)CSc1nc2ccccc2o1. The number of benzene rings is 2. The topological polar surface area (TPSA) is 64.4 Å². The van der Waals surface area contributed by atoms with Crippen molar-refractivity contribution in [1.29, 1.82) is 0 Å². The molecular formula is C16H13ClN2O3S. The molecule has 3 rings (SSSR count). The molecule has 1 heterocycles. The van der Waals surface area contributed by atoms with E-state index in [1.54, 1.807) is 18.2 Å². The largest absolute Gasteiger partial charge is 0.495 e. The van der Waals surface area contributed by atoms with Gasteiger partial charge >= 0.3 is 0 Å². The van der Waals surface area contributed by atoms with Crippen molar-refractivity contribution >= 4 is 46.1 Å². The number of aromatic nitrogens is 1. The molecule has 5 nitrogen and oxygen atoms in total. The third-order valence-electron chi connectivity index (χ3n) is 3.04. The van der Waals surface area contributed by atoms with E-state index in [9.17, 15) is 4.79 Å². The Balaban J connectivity index is 1.63. The molecule has 1 amide bonds. The summed E-state index contributed by atoms with van der Waals surface area (Å²) in [6, 6.07) is 12.5. The first kappa shape index (κ1) is 15.7. The number of rotatable bonds is 5. The summed E-state index contributed by atoms with van der Waals surface area (Å²) in [5.41, 5.74) is 2.05. The zero-order valence-electron chi connectivity index (χ0n) is 12.2. The molecule has 0 aliphatic heterocycles. The molecule has 0 atom stereocenters. The van der Waals surface area contributed by atoms with Crippen molar-refractivity contribution in [3.8, 4) is 5.75 Å². The monoisotopic (exact) mass is 348 g/mol. The molecule has 118 valence electrons. The second-order valence-corrected chi connectivity index (χ2v) is 5.99. The minimum atomic E-state index is -0.183. The molecule has 3 aromatic rings. The van der Waals surface area contributed by atoms with Gasteiger partial charge in [-0.25, -0.2) is 4.98 Å². The van der Waals surface area contributed by atoms with E-state index in [4.69, 9.17) is 20.8 Å². The van der Waals surface area contributed by atoms with Crippen molar-refractivity contribution in [2.75, 3.05) is 18.2 Å². The lowest BCUT2D eigenvalue weighted by Gasteiger charge is -2.09. The summed E-state index contributed by atoms with van der Waals surface area (Å²) in [7, 11) is 1.52. The molecule has 1 N–H and O–H groups in total. The number of para-hydroxylation sites is 2. The fourth-order valence-corrected chi connectivity index (χ4v) is 2.80. The Hall–Kier alpha value is -2.18. The zero-order chi connectivity index (χ0) is 16.2. The highest BCUT2D eigenvalue weighted by Crippen LogP contribution is 2.28. The number of halogens is 1. The lowest BCUT2D eigenvalue weighted by atomic mass is 10.3. The van der Waals surface area contributed by atoms with Gasteiger partial charge in [0.05, 0.1) is 18.6 Å². The molecule has 0 radical (unpaired) electrons. The maximum absolute atomic E-state index is 12.1. The second-order valence-electron chi connectivity index (χ2n) is 4.63. The summed E-state index contributed by atoms with van der Waals surface area (Å²) in [5, 5.41) is 3.78. The summed E-state index contributed by atoms with van der Waals surface area (Å²) in [4.78, 5) is 16.4. The molecule has 2 aromatic carbocycles. The van der Waals surface area contributed by atoms with Crippen LogP contribution < -0.4 is 10.1 Å². The number of hydrogen-bond acceptors (Lipinski definition) is 5. The molecule has 0 aliphatic rings. The summed E-state index contributed by atoms with van der Waals surface area (Å²) in [6.07, 6.45) is 0. The molecular weight excluding hydrogens is 336 g/mol. The summed E-state index contributed by atoms with van der Waals surface area (Å²) >= 11 is 7.13. The molecule has 0 saturated carbocycles. The molecule has 0 saturated heterocycles. The minimum Gasteiger partial charge on any atom is -0.495 e. The van der Waals surface area contributed by atoms with Gasteiger partial charge in [-0.2, -0.15) is 0 Å². The van der Waals surface area contributed by atoms with Crippen molar-refractivity contribution in [2.45, 2.75) is 5.22 Å². The number of anilines is 1. The number of oxazole rings is 1. The zero-order valence-corrected chi connectivity index (χ0v) is 13.8. The highest BCUT2D eigenvalue weighted by atomic mass is 35.5. The fraction of sp³-hybridized carbons (Fsp3) is 0.125. The van der Waals surface area contributed by atoms with Gasteiger partial charge in [0.25, 0.3) is 5.22 Å². The first-order valence-corrected chi connectivity index (χ1v) is 8.14. The van der Waals surface area contributed by atoms with E-state index in [1.165, 1.54) is 18.9 Å². The summed E-state index contributed by atoms with van der Waals surface area (Å²) < 4.78 is 10.8. The van der Waals surface area contributed by atoms with Crippen LogP contribution in [0.25, 0.3) is 11.1 Å². The van der Waals surface area contributed by atoms with Crippen molar-refractivity contribution in [3.05, 3.63) is 47.5 Å². The Morgan fingerprint density at radius 2 is 2.17 bits per heavy atom. The van der Waals surface area contributed by atoms with Crippen LogP contribution in [0.15, 0.2) is 52.1 Å². The Morgan fingerprint density at radius 3 is 2.96 bits per heavy atom. The summed E-state index contributed by atoms with van der Waals surface area (Å²) in [6.45, 7) is 0. The number of nitrogens with zero attached hydrogens (tertiary/aromatic N) is 1. The average molecular weight is 349 g/mol. The number of carbonyl (C=O) groups is 1. The van der Waals surface area contributed by atoms with E-state index < -0.39 is 0 Å². The number of amides is 1. The molecule has 0 bridgehead atoms. The normalized spacial score (nSPS) is 10.7. The van der Waals surface area contributed by atoms with Crippen LogP contribution in [0.3, 0.4) is 0 Å². The van der Waals surface area contributed by atoms with Gasteiger partial charge in [0.1, 0.15) is 11.3 Å². The van der Waals surface area contributed by atoms with Gasteiger partial charge in [0.2, 0.25) is 5.91 Å². The van der Waals surface area contributed by atoms with Crippen LogP contribution in [0.5, 0.6) is 5.75 Å². The number of ether oxygens (including phenoxy) is 1. The minimum absolute atomic E-state index is 0.179. The van der Waals surface area contributed by atoms with Gasteiger partial charge in [-0.1, -0.05) is 35.5 Å². The van der Waals surface area contributed by atoms with Crippen LogP contribution in [0.2, 0.25) is 5.02 Å². The highest BCUT2D eigenvalue weighted by molar-refractivity contribution is 7.99. The smallest absolute Gasteiger partial charge is 0.257 e. The highest BCUT2D eigenvalue weighted by Gasteiger charge is 2.11. The first-order valence-electron chi connectivity index (χ1n) is 6.77. The number of thioether (sulfide) groups is 1. The van der Waals surface area contributed by atoms with Gasteiger partial charge in [0.15, 0.2) is 5.58 Å². The van der Waals surface area contributed by atoms with E-state index in [-0.39, 0.29) is 11.7 Å². The molecule has 23 heavy (non-hydrogen) atoms. The number of hydrogen-bond donors (Lipinski definition) is 1. The van der Waals surface area contributed by atoms with Gasteiger partial charge in [0, 0.05) is 11.1 Å². The second kappa shape index (κ2) is 6.93. The lowest BCUT2D eigenvalue weighted by molar-refractivity contribution is -0.113. The van der Waals surface area contributed by atoms with Crippen LogP contribution in [0.4, 0.5) is 5.69 Å². The van der Waals surface area contributed by atoms with Crippen LogP contribution in [-0.2, 0) is 4.79 Å². The van der Waals surface area contributed by atoms with E-state index in [2.05, 4.69) is 10.3 Å². The standard InChI is InChI=1S/C16H13ClN2O3S/c1-21-14-8-10(17)6-7-12(14)18-15(20)9-23-16-19-11-4-2-3-5-13(11)22-16/h2-8H,9H2,1H3,(H,18,20). The van der Waals surface area contributed by atoms with Crippen molar-refractivity contribution in [1.82, 2.24) is 4.98 Å². The van der Waals surface area contributed by atoms with E-state index >= 15 is 0 Å². The Morgan fingerprint density at radius 1 is 1.35 bits per heavy atom. The number of methoxy groups -OCH3 is 1. The predicted molar refractivity (Wildman–Crippen MR) is 91.4 cm³/mol. The lowest BCUT2D eigenvalue weighted by Crippen LogP contribution is -2.14. The average Bonchev–Trinajstić information content (AvgIpc) is 2.97. The first-order chi connectivity index (χ1) is 11.2. The third-order valence-corrected chi connectivity index (χ3v) is 4.10. The van der Waals surface area contributed by atoms with Gasteiger partial charge in [-0.3, -0.25) is 4.79 Å². The number of fused-ring (bicyclic) bond motifs is 1. The predicted octanol–water partition coefficient (Wildman–Crippen LogP) is 4.22. The molecule has 1 aromatic heterocycles. The van der Waals surface area contributed by atoms with Crippen molar-refractivity contribution in [2.24, 2.45) is 0 Å². The van der Waals surface area contributed by atoms with Gasteiger partial charge < -0.3 is 14.5 Å².